The predicted octanol–water partition coefficient (Wildman–Crippen LogP) is 3.99. The van der Waals surface area contributed by atoms with Crippen LogP contribution in [-0.4, -0.2) is 26.6 Å². The number of hydrogen-bond acceptors (Lipinski definition) is 3. The van der Waals surface area contributed by atoms with Crippen molar-refractivity contribution in [3.63, 3.8) is 0 Å². The van der Waals surface area contributed by atoms with Gasteiger partial charge in [0.25, 0.3) is 0 Å². The number of methoxy groups -OCH3 is 1. The molecule has 5 atom stereocenters. The third kappa shape index (κ3) is 4.23. The van der Waals surface area contributed by atoms with Crippen molar-refractivity contribution in [2.24, 2.45) is 23.7 Å². The molecule has 20 heavy (non-hydrogen) atoms. The fraction of sp³-hybridized carbons (Fsp3) is 0.882. The van der Waals surface area contributed by atoms with Gasteiger partial charge in [-0.25, -0.2) is 0 Å². The molecular weight excluding hydrogens is 252 g/mol. The van der Waals surface area contributed by atoms with Crippen LogP contribution in [0.2, 0.25) is 0 Å². The van der Waals surface area contributed by atoms with Crippen LogP contribution in [-0.2, 0) is 14.2 Å². The first kappa shape index (κ1) is 15.8. The van der Waals surface area contributed by atoms with E-state index in [1.165, 1.54) is 19.3 Å². The third-order valence-electron chi connectivity index (χ3n) is 5.18. The Morgan fingerprint density at radius 3 is 2.65 bits per heavy atom. The lowest BCUT2D eigenvalue weighted by Crippen LogP contribution is -2.30. The molecule has 2 aliphatic rings. The zero-order chi connectivity index (χ0) is 14.5. The first-order chi connectivity index (χ1) is 9.60. The molecule has 0 aromatic rings. The first-order valence-electron chi connectivity index (χ1n) is 8.06. The fourth-order valence-electron chi connectivity index (χ4n) is 3.32. The van der Waals surface area contributed by atoms with Gasteiger partial charge < -0.3 is 14.2 Å². The summed E-state index contributed by atoms with van der Waals surface area (Å²) in [5.74, 6) is 3.72. The third-order valence-corrected chi connectivity index (χ3v) is 5.18. The summed E-state index contributed by atoms with van der Waals surface area (Å²) in [7, 11) is 1.71. The van der Waals surface area contributed by atoms with Crippen LogP contribution in [0.25, 0.3) is 0 Å². The molecule has 116 valence electrons. The highest BCUT2D eigenvalue weighted by Gasteiger charge is 2.28. The monoisotopic (exact) mass is 282 g/mol. The van der Waals surface area contributed by atoms with Crippen LogP contribution < -0.4 is 0 Å². The van der Waals surface area contributed by atoms with E-state index in [1.54, 1.807) is 7.11 Å². The molecule has 2 rings (SSSR count). The summed E-state index contributed by atoms with van der Waals surface area (Å²) in [6, 6.07) is 0. The Balaban J connectivity index is 1.72. The zero-order valence-electron chi connectivity index (χ0n) is 13.3. The Kier molecular flexibility index (Phi) is 5.91. The lowest BCUT2D eigenvalue weighted by atomic mass is 9.75. The van der Waals surface area contributed by atoms with Gasteiger partial charge >= 0.3 is 0 Å². The van der Waals surface area contributed by atoms with Crippen LogP contribution in [0, 0.1) is 23.7 Å². The maximum Gasteiger partial charge on any atom is 0.157 e. The van der Waals surface area contributed by atoms with Gasteiger partial charge in [-0.1, -0.05) is 20.4 Å². The van der Waals surface area contributed by atoms with Crippen LogP contribution in [0.15, 0.2) is 12.3 Å². The Morgan fingerprint density at radius 1 is 1.15 bits per heavy atom. The van der Waals surface area contributed by atoms with Gasteiger partial charge in [0.2, 0.25) is 0 Å². The largest absolute Gasteiger partial charge is 0.498 e. The van der Waals surface area contributed by atoms with E-state index in [2.05, 4.69) is 20.4 Å². The lowest BCUT2D eigenvalue weighted by Gasteiger charge is -2.34. The molecule has 5 unspecified atom stereocenters. The summed E-state index contributed by atoms with van der Waals surface area (Å²) in [4.78, 5) is 0. The molecule has 1 heterocycles. The minimum atomic E-state index is -0.0545. The normalized spacial score (nSPS) is 38.5. The number of allylic oxidation sites excluding steroid dienone is 1. The standard InChI is InChI=1S/C17H30O3/c1-12-5-6-16(9-13(12)2)14(3)20-11-15-7-8-19-17(10-15)18-4/h12-13,15-17H,3,5-11H2,1-2,4H3. The molecule has 0 N–H and O–H groups in total. The van der Waals surface area contributed by atoms with Gasteiger partial charge in [-0.3, -0.25) is 0 Å². The first-order valence-corrected chi connectivity index (χ1v) is 8.06. The summed E-state index contributed by atoms with van der Waals surface area (Å²) in [5.41, 5.74) is 0. The smallest absolute Gasteiger partial charge is 0.157 e. The van der Waals surface area contributed by atoms with E-state index < -0.39 is 0 Å². The highest BCUT2D eigenvalue weighted by atomic mass is 16.7. The molecule has 0 spiro atoms. The summed E-state index contributed by atoms with van der Waals surface area (Å²) in [5, 5.41) is 0. The Morgan fingerprint density at radius 2 is 1.95 bits per heavy atom. The summed E-state index contributed by atoms with van der Waals surface area (Å²) in [6.45, 7) is 10.4. The SMILES string of the molecule is C=C(OCC1CCOC(OC)C1)C1CCC(C)C(C)C1. The molecule has 1 saturated heterocycles. The van der Waals surface area contributed by atoms with E-state index in [9.17, 15) is 0 Å². The Hall–Kier alpha value is -0.540. The molecule has 0 bridgehead atoms. The maximum atomic E-state index is 5.99. The van der Waals surface area contributed by atoms with Crippen LogP contribution in [0.1, 0.15) is 46.0 Å². The van der Waals surface area contributed by atoms with Crippen molar-refractivity contribution in [1.29, 1.82) is 0 Å². The molecule has 2 fully saturated rings. The van der Waals surface area contributed by atoms with Crippen LogP contribution in [0.5, 0.6) is 0 Å². The van der Waals surface area contributed by atoms with E-state index in [0.717, 1.165) is 43.7 Å². The average Bonchev–Trinajstić information content (AvgIpc) is 2.47. The molecule has 3 heteroatoms. The molecule has 0 radical (unpaired) electrons. The Bertz CT molecular complexity index is 315. The molecule has 3 nitrogen and oxygen atoms in total. The number of rotatable bonds is 5. The molecule has 1 saturated carbocycles. The van der Waals surface area contributed by atoms with Crippen molar-refractivity contribution >= 4 is 0 Å². The van der Waals surface area contributed by atoms with Crippen molar-refractivity contribution in [1.82, 2.24) is 0 Å². The van der Waals surface area contributed by atoms with Gasteiger partial charge in [0.1, 0.15) is 0 Å². The molecule has 1 aliphatic carbocycles. The second-order valence-corrected chi connectivity index (χ2v) is 6.67. The molecular formula is C17H30O3. The lowest BCUT2D eigenvalue weighted by molar-refractivity contribution is -0.163. The second kappa shape index (κ2) is 7.46. The van der Waals surface area contributed by atoms with E-state index in [1.807, 2.05) is 0 Å². The molecule has 0 amide bonds. The van der Waals surface area contributed by atoms with E-state index in [0.29, 0.717) is 11.8 Å². The molecule has 1 aliphatic heterocycles. The van der Waals surface area contributed by atoms with Gasteiger partial charge in [0.05, 0.1) is 19.0 Å². The quantitative estimate of drug-likeness (QED) is 0.714. The highest BCUT2D eigenvalue weighted by Crippen LogP contribution is 2.37. The van der Waals surface area contributed by atoms with Crippen molar-refractivity contribution in [2.45, 2.75) is 52.2 Å². The van der Waals surface area contributed by atoms with E-state index in [-0.39, 0.29) is 6.29 Å². The highest BCUT2D eigenvalue weighted by molar-refractivity contribution is 4.95. The van der Waals surface area contributed by atoms with Crippen LogP contribution in [0.3, 0.4) is 0 Å². The predicted molar refractivity (Wildman–Crippen MR) is 80.2 cm³/mol. The van der Waals surface area contributed by atoms with Gasteiger partial charge in [-0.05, 0) is 43.4 Å². The van der Waals surface area contributed by atoms with Crippen molar-refractivity contribution < 1.29 is 14.2 Å². The minimum absolute atomic E-state index is 0.0545. The maximum absolute atomic E-state index is 5.99. The molecule has 0 aromatic heterocycles. The van der Waals surface area contributed by atoms with Gasteiger partial charge in [-0.15, -0.1) is 0 Å². The van der Waals surface area contributed by atoms with E-state index in [4.69, 9.17) is 14.2 Å². The van der Waals surface area contributed by atoms with Gasteiger partial charge in [0, 0.05) is 19.4 Å². The van der Waals surface area contributed by atoms with Gasteiger partial charge in [-0.2, -0.15) is 0 Å². The van der Waals surface area contributed by atoms with E-state index >= 15 is 0 Å². The Labute approximate surface area is 123 Å². The van der Waals surface area contributed by atoms with Crippen molar-refractivity contribution in [3.05, 3.63) is 12.3 Å². The topological polar surface area (TPSA) is 27.7 Å². The number of ether oxygens (including phenoxy) is 3. The van der Waals surface area contributed by atoms with Crippen molar-refractivity contribution in [2.75, 3.05) is 20.3 Å². The van der Waals surface area contributed by atoms with Gasteiger partial charge in [0.15, 0.2) is 6.29 Å². The zero-order valence-corrected chi connectivity index (χ0v) is 13.3. The van der Waals surface area contributed by atoms with Crippen molar-refractivity contribution in [3.8, 4) is 0 Å². The number of hydrogen-bond donors (Lipinski definition) is 0. The van der Waals surface area contributed by atoms with Crippen LogP contribution >= 0.6 is 0 Å². The average molecular weight is 282 g/mol. The summed E-state index contributed by atoms with van der Waals surface area (Å²) >= 11 is 0. The van der Waals surface area contributed by atoms with Crippen LogP contribution in [0.4, 0.5) is 0 Å². The summed E-state index contributed by atoms with van der Waals surface area (Å²) < 4.78 is 16.8. The fourth-order valence-corrected chi connectivity index (χ4v) is 3.32. The molecule has 0 aromatic carbocycles. The second-order valence-electron chi connectivity index (χ2n) is 6.67. The summed E-state index contributed by atoms with van der Waals surface area (Å²) in [6.07, 6.45) is 5.71. The minimum Gasteiger partial charge on any atom is -0.498 e.